The number of amides is 1. The summed E-state index contributed by atoms with van der Waals surface area (Å²) in [5, 5.41) is 8.22. The summed E-state index contributed by atoms with van der Waals surface area (Å²) in [6.45, 7) is 4.51. The zero-order chi connectivity index (χ0) is 17.4. The van der Waals surface area contributed by atoms with Crippen molar-refractivity contribution in [2.24, 2.45) is 5.92 Å². The van der Waals surface area contributed by atoms with Crippen LogP contribution in [0.4, 0.5) is 5.69 Å². The van der Waals surface area contributed by atoms with Crippen LogP contribution in [0.2, 0.25) is 0 Å². The van der Waals surface area contributed by atoms with Crippen molar-refractivity contribution in [3.05, 3.63) is 48.3 Å². The van der Waals surface area contributed by atoms with E-state index in [0.717, 1.165) is 22.3 Å². The number of hydrogen-bond donors (Lipinski definition) is 1. The number of ether oxygens (including phenoxy) is 1. The van der Waals surface area contributed by atoms with Gasteiger partial charge in [0.2, 0.25) is 5.91 Å². The van der Waals surface area contributed by atoms with E-state index >= 15 is 0 Å². The van der Waals surface area contributed by atoms with Crippen LogP contribution in [-0.2, 0) is 11.2 Å². The molecule has 0 saturated carbocycles. The molecule has 128 valence electrons. The normalized spacial score (nSPS) is 16.5. The molecule has 1 aromatic carbocycles. The third-order valence-corrected chi connectivity index (χ3v) is 4.44. The lowest BCUT2D eigenvalue weighted by molar-refractivity contribution is -0.121. The van der Waals surface area contributed by atoms with Gasteiger partial charge in [0.1, 0.15) is 12.4 Å². The predicted octanol–water partition coefficient (Wildman–Crippen LogP) is 3.20. The van der Waals surface area contributed by atoms with Gasteiger partial charge in [0.25, 0.3) is 0 Å². The van der Waals surface area contributed by atoms with E-state index < -0.39 is 0 Å². The Morgan fingerprint density at radius 1 is 1.32 bits per heavy atom. The number of aromatic nitrogens is 3. The Morgan fingerprint density at radius 2 is 2.16 bits per heavy atom. The van der Waals surface area contributed by atoms with Gasteiger partial charge < -0.3 is 10.1 Å². The molecule has 6 heteroatoms. The molecule has 0 fully saturated rings. The van der Waals surface area contributed by atoms with Gasteiger partial charge in [0, 0.05) is 11.4 Å². The molecule has 1 atom stereocenters. The molecule has 0 bridgehead atoms. The summed E-state index contributed by atoms with van der Waals surface area (Å²) < 4.78 is 7.57. The summed E-state index contributed by atoms with van der Waals surface area (Å²) in [4.78, 5) is 17.0. The van der Waals surface area contributed by atoms with Crippen molar-refractivity contribution in [3.63, 3.8) is 0 Å². The summed E-state index contributed by atoms with van der Waals surface area (Å²) in [5.74, 6) is 0.617. The second kappa shape index (κ2) is 6.20. The zero-order valence-corrected chi connectivity index (χ0v) is 14.3. The maximum atomic E-state index is 12.6. The summed E-state index contributed by atoms with van der Waals surface area (Å²) in [6.07, 6.45) is 4.14. The third kappa shape index (κ3) is 2.95. The Labute approximate surface area is 145 Å². The van der Waals surface area contributed by atoms with Crippen molar-refractivity contribution in [3.8, 4) is 5.75 Å². The fraction of sp³-hybridized carbons (Fsp3) is 0.316. The van der Waals surface area contributed by atoms with Crippen molar-refractivity contribution in [1.29, 1.82) is 0 Å². The maximum Gasteiger partial charge on any atom is 0.231 e. The van der Waals surface area contributed by atoms with Crippen molar-refractivity contribution in [1.82, 2.24) is 14.8 Å². The largest absolute Gasteiger partial charge is 0.492 e. The molecule has 3 heterocycles. The van der Waals surface area contributed by atoms with E-state index in [1.54, 1.807) is 12.4 Å². The van der Waals surface area contributed by atoms with Crippen molar-refractivity contribution >= 4 is 22.6 Å². The second-order valence-corrected chi connectivity index (χ2v) is 6.63. The van der Waals surface area contributed by atoms with E-state index in [4.69, 9.17) is 4.74 Å². The van der Waals surface area contributed by atoms with Crippen LogP contribution in [0.5, 0.6) is 5.75 Å². The van der Waals surface area contributed by atoms with Crippen LogP contribution in [0.1, 0.15) is 25.5 Å². The molecule has 0 aliphatic carbocycles. The SMILES string of the molecule is CC(C)n1ncc2cc(NC(=O)C3COc4ccccc4C3)cnc21. The molecule has 25 heavy (non-hydrogen) atoms. The standard InChI is InChI=1S/C19H20N4O2/c1-12(2)23-18-14(9-21-23)8-16(10-20-18)22-19(24)15-7-13-5-3-4-6-17(13)25-11-15/h3-6,8-10,12,15H,7,11H2,1-2H3,(H,22,24). The average Bonchev–Trinajstić information content (AvgIpc) is 3.04. The number of rotatable bonds is 3. The van der Waals surface area contributed by atoms with E-state index in [0.29, 0.717) is 18.7 Å². The van der Waals surface area contributed by atoms with E-state index in [2.05, 4.69) is 29.2 Å². The van der Waals surface area contributed by atoms with Crippen molar-refractivity contribution < 1.29 is 9.53 Å². The highest BCUT2D eigenvalue weighted by atomic mass is 16.5. The molecule has 0 radical (unpaired) electrons. The van der Waals surface area contributed by atoms with E-state index in [9.17, 15) is 4.79 Å². The predicted molar refractivity (Wildman–Crippen MR) is 95.7 cm³/mol. The molecule has 3 aromatic rings. The zero-order valence-electron chi connectivity index (χ0n) is 14.3. The van der Waals surface area contributed by atoms with E-state index in [1.807, 2.05) is 35.0 Å². The Bertz CT molecular complexity index is 932. The highest BCUT2D eigenvalue weighted by Crippen LogP contribution is 2.27. The number of hydrogen-bond acceptors (Lipinski definition) is 4. The minimum absolute atomic E-state index is 0.0492. The van der Waals surface area contributed by atoms with Gasteiger partial charge in [-0.15, -0.1) is 0 Å². The van der Waals surface area contributed by atoms with Crippen LogP contribution in [-0.4, -0.2) is 27.3 Å². The van der Waals surface area contributed by atoms with Crippen LogP contribution < -0.4 is 10.1 Å². The lowest BCUT2D eigenvalue weighted by Gasteiger charge is -2.24. The number of carbonyl (C=O) groups is 1. The summed E-state index contributed by atoms with van der Waals surface area (Å²) >= 11 is 0. The van der Waals surface area contributed by atoms with Crippen LogP contribution in [0, 0.1) is 5.92 Å². The van der Waals surface area contributed by atoms with Crippen LogP contribution in [0.15, 0.2) is 42.7 Å². The summed E-state index contributed by atoms with van der Waals surface area (Å²) in [5.41, 5.74) is 2.57. The molecule has 1 aliphatic heterocycles. The lowest BCUT2D eigenvalue weighted by atomic mass is 9.96. The number of nitrogens with one attached hydrogen (secondary N) is 1. The molecule has 1 amide bonds. The van der Waals surface area contributed by atoms with E-state index in [1.165, 1.54) is 0 Å². The maximum absolute atomic E-state index is 12.6. The van der Waals surface area contributed by atoms with Crippen LogP contribution in [0.3, 0.4) is 0 Å². The van der Waals surface area contributed by atoms with E-state index in [-0.39, 0.29) is 17.9 Å². The summed E-state index contributed by atoms with van der Waals surface area (Å²) in [7, 11) is 0. The monoisotopic (exact) mass is 336 g/mol. The lowest BCUT2D eigenvalue weighted by Crippen LogP contribution is -2.32. The van der Waals surface area contributed by atoms with Gasteiger partial charge in [-0.1, -0.05) is 18.2 Å². The first-order valence-electron chi connectivity index (χ1n) is 8.46. The minimum atomic E-state index is -0.205. The fourth-order valence-electron chi connectivity index (χ4n) is 3.13. The molecule has 0 spiro atoms. The first kappa shape index (κ1) is 15.6. The Morgan fingerprint density at radius 3 is 3.00 bits per heavy atom. The molecular weight excluding hydrogens is 316 g/mol. The number of para-hydroxylation sites is 1. The molecule has 1 aliphatic rings. The number of fused-ring (bicyclic) bond motifs is 2. The van der Waals surface area contributed by atoms with Crippen LogP contribution >= 0.6 is 0 Å². The molecular formula is C19H20N4O2. The molecule has 4 rings (SSSR count). The van der Waals surface area contributed by atoms with Gasteiger partial charge in [0.05, 0.1) is 24.0 Å². The number of benzene rings is 1. The molecule has 1 N–H and O–H groups in total. The van der Waals surface area contributed by atoms with Gasteiger partial charge in [-0.25, -0.2) is 9.67 Å². The number of carbonyl (C=O) groups excluding carboxylic acids is 1. The first-order chi connectivity index (χ1) is 12.1. The quantitative estimate of drug-likeness (QED) is 0.797. The summed E-state index contributed by atoms with van der Waals surface area (Å²) in [6, 6.07) is 9.99. The second-order valence-electron chi connectivity index (χ2n) is 6.63. The average molecular weight is 336 g/mol. The fourth-order valence-corrected chi connectivity index (χ4v) is 3.13. The molecule has 2 aromatic heterocycles. The van der Waals surface area contributed by atoms with Gasteiger partial charge in [-0.3, -0.25) is 4.79 Å². The third-order valence-electron chi connectivity index (χ3n) is 4.44. The highest BCUT2D eigenvalue weighted by Gasteiger charge is 2.26. The smallest absolute Gasteiger partial charge is 0.231 e. The van der Waals surface area contributed by atoms with Crippen LogP contribution in [0.25, 0.3) is 11.0 Å². The van der Waals surface area contributed by atoms with Gasteiger partial charge in [-0.2, -0.15) is 5.10 Å². The van der Waals surface area contributed by atoms with Gasteiger partial charge >= 0.3 is 0 Å². The molecule has 6 nitrogen and oxygen atoms in total. The molecule has 1 unspecified atom stereocenters. The Kier molecular flexibility index (Phi) is 3.87. The minimum Gasteiger partial charge on any atom is -0.492 e. The number of anilines is 1. The van der Waals surface area contributed by atoms with Gasteiger partial charge in [0.15, 0.2) is 5.65 Å². The van der Waals surface area contributed by atoms with Gasteiger partial charge in [-0.05, 0) is 38.0 Å². The van der Waals surface area contributed by atoms with Crippen molar-refractivity contribution in [2.75, 3.05) is 11.9 Å². The first-order valence-corrected chi connectivity index (χ1v) is 8.46. The highest BCUT2D eigenvalue weighted by molar-refractivity contribution is 5.94. The number of pyridine rings is 1. The Hall–Kier alpha value is -2.89. The molecule has 0 saturated heterocycles. The number of nitrogens with zero attached hydrogens (tertiary/aromatic N) is 3. The van der Waals surface area contributed by atoms with Crippen molar-refractivity contribution in [2.45, 2.75) is 26.3 Å². The Balaban J connectivity index is 1.50. The topological polar surface area (TPSA) is 69.0 Å².